The zero-order chi connectivity index (χ0) is 21.8. The highest BCUT2D eigenvalue weighted by atomic mass is 35.5. The molecule has 162 valence electrons. The number of pyridine rings is 1. The molecule has 0 bridgehead atoms. The predicted octanol–water partition coefficient (Wildman–Crippen LogP) is 6.01. The number of hydrogen-bond acceptors (Lipinski definition) is 4. The van der Waals surface area contributed by atoms with Gasteiger partial charge in [-0.15, -0.1) is 0 Å². The molecule has 4 N–H and O–H groups in total. The van der Waals surface area contributed by atoms with Gasteiger partial charge in [0.05, 0.1) is 5.02 Å². The van der Waals surface area contributed by atoms with Crippen LogP contribution in [0.3, 0.4) is 0 Å². The van der Waals surface area contributed by atoms with Crippen LogP contribution in [0.25, 0.3) is 11.1 Å². The van der Waals surface area contributed by atoms with Crippen LogP contribution in [0.4, 0.5) is 15.9 Å². The fourth-order valence-electron chi connectivity index (χ4n) is 4.31. The molecule has 0 amide bonds. The summed E-state index contributed by atoms with van der Waals surface area (Å²) in [5, 5.41) is 7.59. The Morgan fingerprint density at radius 2 is 1.97 bits per heavy atom. The highest BCUT2D eigenvalue weighted by Crippen LogP contribution is 2.36. The average Bonchev–Trinajstić information content (AvgIpc) is 3.18. The Kier molecular flexibility index (Phi) is 6.73. The highest BCUT2D eigenvalue weighted by Gasteiger charge is 2.22. The van der Waals surface area contributed by atoms with E-state index >= 15 is 0 Å². The molecule has 6 heteroatoms. The lowest BCUT2D eigenvalue weighted by Crippen LogP contribution is -2.21. The lowest BCUT2D eigenvalue weighted by atomic mass is 9.96. The van der Waals surface area contributed by atoms with Gasteiger partial charge in [0.1, 0.15) is 11.6 Å². The Labute approximate surface area is 188 Å². The Bertz CT molecular complexity index is 1060. The number of aromatic nitrogens is 1. The standard InChI is InChI=1S/C25H28ClFN4/c1-2-20-21(7-4-8-24(20)29-14-16-5-3-6-17(27)11-16)22-13-25(30-15-23(22)26)31-19-10-9-18(28)12-19/h3-8,11,13,15,18-19,29H,2,9-10,12,14,28H2,1H3,(H,30,31). The summed E-state index contributed by atoms with van der Waals surface area (Å²) in [6.07, 6.45) is 5.60. The number of rotatable bonds is 7. The second-order valence-electron chi connectivity index (χ2n) is 8.13. The largest absolute Gasteiger partial charge is 0.381 e. The molecule has 1 heterocycles. The maximum atomic E-state index is 13.5. The fraction of sp³-hybridized carbons (Fsp3) is 0.320. The third kappa shape index (κ3) is 5.17. The van der Waals surface area contributed by atoms with E-state index in [2.05, 4.69) is 34.7 Å². The Hall–Kier alpha value is -2.63. The van der Waals surface area contributed by atoms with Crippen molar-refractivity contribution in [2.24, 2.45) is 5.73 Å². The Balaban J connectivity index is 1.60. The number of anilines is 2. The molecular weight excluding hydrogens is 411 g/mol. The highest BCUT2D eigenvalue weighted by molar-refractivity contribution is 6.33. The van der Waals surface area contributed by atoms with Crippen molar-refractivity contribution in [2.45, 2.75) is 51.2 Å². The zero-order valence-corrected chi connectivity index (χ0v) is 18.4. The van der Waals surface area contributed by atoms with Crippen LogP contribution in [0.5, 0.6) is 0 Å². The van der Waals surface area contributed by atoms with Crippen molar-refractivity contribution in [2.75, 3.05) is 10.6 Å². The van der Waals surface area contributed by atoms with Crippen LogP contribution in [0, 0.1) is 5.82 Å². The van der Waals surface area contributed by atoms with E-state index in [1.165, 1.54) is 11.6 Å². The minimum absolute atomic E-state index is 0.226. The molecule has 2 atom stereocenters. The van der Waals surface area contributed by atoms with Crippen LogP contribution < -0.4 is 16.4 Å². The molecule has 31 heavy (non-hydrogen) atoms. The minimum Gasteiger partial charge on any atom is -0.381 e. The molecule has 1 aliphatic rings. The van der Waals surface area contributed by atoms with Crippen molar-refractivity contribution in [1.29, 1.82) is 0 Å². The summed E-state index contributed by atoms with van der Waals surface area (Å²) in [6.45, 7) is 2.67. The van der Waals surface area contributed by atoms with E-state index in [4.69, 9.17) is 17.3 Å². The molecule has 3 aromatic rings. The number of halogens is 2. The first-order valence-electron chi connectivity index (χ1n) is 10.8. The van der Waals surface area contributed by atoms with Gasteiger partial charge in [-0.25, -0.2) is 9.37 Å². The van der Waals surface area contributed by atoms with Gasteiger partial charge < -0.3 is 16.4 Å². The van der Waals surface area contributed by atoms with Gasteiger partial charge in [-0.05, 0) is 66.6 Å². The van der Waals surface area contributed by atoms with E-state index in [9.17, 15) is 4.39 Å². The summed E-state index contributed by atoms with van der Waals surface area (Å²) < 4.78 is 13.5. The van der Waals surface area contributed by atoms with Gasteiger partial charge in [0.25, 0.3) is 0 Å². The SMILES string of the molecule is CCc1c(NCc2cccc(F)c2)cccc1-c1cc(NC2CCC(N)C2)ncc1Cl. The molecule has 4 nitrogen and oxygen atoms in total. The average molecular weight is 439 g/mol. The van der Waals surface area contributed by atoms with Gasteiger partial charge in [-0.3, -0.25) is 0 Å². The third-order valence-corrected chi connectivity index (χ3v) is 6.17. The molecule has 0 radical (unpaired) electrons. The minimum atomic E-state index is -0.226. The first kappa shape index (κ1) is 21.6. The first-order valence-corrected chi connectivity index (χ1v) is 11.2. The van der Waals surface area contributed by atoms with Gasteiger partial charge in [-0.2, -0.15) is 0 Å². The van der Waals surface area contributed by atoms with Crippen LogP contribution in [0.15, 0.2) is 54.7 Å². The number of nitrogens with one attached hydrogen (secondary N) is 2. The number of benzene rings is 2. The van der Waals surface area contributed by atoms with Crippen molar-refractivity contribution in [1.82, 2.24) is 4.98 Å². The maximum Gasteiger partial charge on any atom is 0.126 e. The van der Waals surface area contributed by atoms with Crippen molar-refractivity contribution in [3.8, 4) is 11.1 Å². The summed E-state index contributed by atoms with van der Waals surface area (Å²) in [4.78, 5) is 4.48. The van der Waals surface area contributed by atoms with Crippen LogP contribution in [0.1, 0.15) is 37.3 Å². The van der Waals surface area contributed by atoms with Gasteiger partial charge in [-0.1, -0.05) is 42.8 Å². The molecule has 0 spiro atoms. The first-order chi connectivity index (χ1) is 15.0. The molecule has 0 aliphatic heterocycles. The fourth-order valence-corrected chi connectivity index (χ4v) is 4.52. The van der Waals surface area contributed by atoms with E-state index in [1.54, 1.807) is 18.3 Å². The number of hydrogen-bond donors (Lipinski definition) is 3. The summed E-state index contributed by atoms with van der Waals surface area (Å²) in [5.74, 6) is 0.592. The van der Waals surface area contributed by atoms with Crippen molar-refractivity contribution in [3.05, 3.63) is 76.7 Å². The maximum absolute atomic E-state index is 13.5. The van der Waals surface area contributed by atoms with Gasteiger partial charge in [0.15, 0.2) is 0 Å². The molecule has 4 rings (SSSR count). The van der Waals surface area contributed by atoms with Crippen molar-refractivity contribution >= 4 is 23.1 Å². The molecule has 0 saturated heterocycles. The Morgan fingerprint density at radius 1 is 1.13 bits per heavy atom. The van der Waals surface area contributed by atoms with E-state index in [1.807, 2.05) is 18.2 Å². The lowest BCUT2D eigenvalue weighted by molar-refractivity contribution is 0.626. The molecule has 1 aliphatic carbocycles. The normalized spacial score (nSPS) is 18.2. The van der Waals surface area contributed by atoms with Crippen LogP contribution in [-0.2, 0) is 13.0 Å². The topological polar surface area (TPSA) is 63.0 Å². The predicted molar refractivity (Wildman–Crippen MR) is 127 cm³/mol. The monoisotopic (exact) mass is 438 g/mol. The Morgan fingerprint density at radius 3 is 2.71 bits per heavy atom. The van der Waals surface area contributed by atoms with Gasteiger partial charge >= 0.3 is 0 Å². The quantitative estimate of drug-likeness (QED) is 0.423. The number of nitrogens with zero attached hydrogens (tertiary/aromatic N) is 1. The molecular formula is C25H28ClFN4. The second-order valence-corrected chi connectivity index (χ2v) is 8.54. The summed E-state index contributed by atoms with van der Waals surface area (Å²) in [7, 11) is 0. The number of nitrogens with two attached hydrogens (primary N) is 1. The van der Waals surface area contributed by atoms with Gasteiger partial charge in [0, 0.05) is 36.1 Å². The smallest absolute Gasteiger partial charge is 0.126 e. The van der Waals surface area contributed by atoms with Crippen LogP contribution in [0.2, 0.25) is 5.02 Å². The summed E-state index contributed by atoms with van der Waals surface area (Å²) in [5.41, 5.74) is 11.2. The van der Waals surface area contributed by atoms with Gasteiger partial charge in [0.2, 0.25) is 0 Å². The van der Waals surface area contributed by atoms with E-state index in [0.717, 1.165) is 53.9 Å². The van der Waals surface area contributed by atoms with Crippen molar-refractivity contribution in [3.63, 3.8) is 0 Å². The van der Waals surface area contributed by atoms with E-state index in [-0.39, 0.29) is 11.9 Å². The summed E-state index contributed by atoms with van der Waals surface area (Å²) >= 11 is 6.57. The summed E-state index contributed by atoms with van der Waals surface area (Å²) in [6, 6.07) is 15.4. The molecule has 2 aromatic carbocycles. The van der Waals surface area contributed by atoms with E-state index < -0.39 is 0 Å². The van der Waals surface area contributed by atoms with Crippen LogP contribution in [-0.4, -0.2) is 17.1 Å². The second kappa shape index (κ2) is 9.67. The van der Waals surface area contributed by atoms with Crippen molar-refractivity contribution < 1.29 is 4.39 Å². The van der Waals surface area contributed by atoms with E-state index in [0.29, 0.717) is 17.6 Å². The van der Waals surface area contributed by atoms with Crippen LogP contribution >= 0.6 is 11.6 Å². The zero-order valence-electron chi connectivity index (χ0n) is 17.7. The molecule has 1 saturated carbocycles. The lowest BCUT2D eigenvalue weighted by Gasteiger charge is -2.18. The molecule has 1 aromatic heterocycles. The molecule has 1 fully saturated rings. The molecule has 2 unspecified atom stereocenters. The third-order valence-electron chi connectivity index (χ3n) is 5.87.